The highest BCUT2D eigenvalue weighted by atomic mass is 16.7. The Morgan fingerprint density at radius 2 is 1.86 bits per heavy atom. The van der Waals surface area contributed by atoms with Crippen molar-refractivity contribution in [3.63, 3.8) is 0 Å². The van der Waals surface area contributed by atoms with Crippen molar-refractivity contribution in [2.45, 2.75) is 59.1 Å². The van der Waals surface area contributed by atoms with E-state index in [-0.39, 0.29) is 11.3 Å². The number of hydrogen-bond donors (Lipinski definition) is 0. The molecular weight excluding hydrogens is 272 g/mol. The van der Waals surface area contributed by atoms with Gasteiger partial charge in [0, 0.05) is 13.6 Å². The molecule has 0 unspecified atom stereocenters. The zero-order chi connectivity index (χ0) is 16.4. The Morgan fingerprint density at radius 3 is 2.33 bits per heavy atom. The van der Waals surface area contributed by atoms with Crippen LogP contribution in [0.15, 0.2) is 0 Å². The molecule has 0 saturated carbocycles. The van der Waals surface area contributed by atoms with Gasteiger partial charge in [0.15, 0.2) is 0 Å². The first-order valence-corrected chi connectivity index (χ1v) is 7.28. The Bertz CT molecular complexity index is 401. The van der Waals surface area contributed by atoms with Crippen molar-refractivity contribution in [3.8, 4) is 0 Å². The van der Waals surface area contributed by atoms with Gasteiger partial charge in [0.25, 0.3) is 5.91 Å². The van der Waals surface area contributed by atoms with E-state index in [0.29, 0.717) is 13.0 Å². The van der Waals surface area contributed by atoms with Crippen LogP contribution in [0.4, 0.5) is 4.79 Å². The van der Waals surface area contributed by atoms with Crippen LogP contribution >= 0.6 is 0 Å². The fourth-order valence-electron chi connectivity index (χ4n) is 2.37. The van der Waals surface area contributed by atoms with Crippen molar-refractivity contribution in [3.05, 3.63) is 0 Å². The average Bonchev–Trinajstić information content (AvgIpc) is 2.33. The van der Waals surface area contributed by atoms with Crippen LogP contribution in [-0.4, -0.2) is 54.3 Å². The number of ether oxygens (including phenoxy) is 1. The van der Waals surface area contributed by atoms with Crippen LogP contribution in [0.25, 0.3) is 0 Å². The molecule has 0 N–H and O–H groups in total. The van der Waals surface area contributed by atoms with Crippen molar-refractivity contribution in [2.75, 3.05) is 20.7 Å². The van der Waals surface area contributed by atoms with Gasteiger partial charge in [-0.1, -0.05) is 13.8 Å². The molecule has 21 heavy (non-hydrogen) atoms. The third-order valence-corrected chi connectivity index (χ3v) is 3.65. The van der Waals surface area contributed by atoms with Crippen molar-refractivity contribution in [1.29, 1.82) is 0 Å². The lowest BCUT2D eigenvalue weighted by Crippen LogP contribution is -2.56. The predicted molar refractivity (Wildman–Crippen MR) is 79.5 cm³/mol. The van der Waals surface area contributed by atoms with Crippen LogP contribution in [0.5, 0.6) is 0 Å². The molecule has 0 radical (unpaired) electrons. The summed E-state index contributed by atoms with van der Waals surface area (Å²) in [6.45, 7) is 10.2. The van der Waals surface area contributed by atoms with Crippen LogP contribution < -0.4 is 0 Å². The summed E-state index contributed by atoms with van der Waals surface area (Å²) >= 11 is 0. The van der Waals surface area contributed by atoms with E-state index in [1.807, 2.05) is 20.8 Å². The predicted octanol–water partition coefficient (Wildman–Crippen LogP) is 2.43. The number of likely N-dealkylation sites (tertiary alicyclic amines) is 1. The van der Waals surface area contributed by atoms with Crippen molar-refractivity contribution in [2.24, 2.45) is 5.41 Å². The van der Waals surface area contributed by atoms with Gasteiger partial charge in [0.05, 0.1) is 7.11 Å². The van der Waals surface area contributed by atoms with Crippen LogP contribution in [0.3, 0.4) is 0 Å². The number of likely N-dealkylation sites (N-methyl/N-ethyl adjacent to an activating group) is 1. The van der Waals surface area contributed by atoms with Crippen LogP contribution in [0, 0.1) is 5.41 Å². The monoisotopic (exact) mass is 300 g/mol. The third-order valence-electron chi connectivity index (χ3n) is 3.65. The van der Waals surface area contributed by atoms with Crippen molar-refractivity contribution >= 4 is 12.0 Å². The highest BCUT2D eigenvalue weighted by Gasteiger charge is 2.42. The molecule has 0 aromatic heterocycles. The summed E-state index contributed by atoms with van der Waals surface area (Å²) in [6, 6.07) is -0.548. The number of piperidine rings is 1. The fourth-order valence-corrected chi connectivity index (χ4v) is 2.37. The van der Waals surface area contributed by atoms with E-state index in [1.54, 1.807) is 7.05 Å². The van der Waals surface area contributed by atoms with E-state index in [2.05, 4.69) is 13.8 Å². The Balaban J connectivity index is 2.94. The zero-order valence-corrected chi connectivity index (χ0v) is 14.2. The second-order valence-electron chi connectivity index (χ2n) is 7.33. The number of nitrogens with zero attached hydrogens (tertiary/aromatic N) is 2. The van der Waals surface area contributed by atoms with E-state index in [9.17, 15) is 9.59 Å². The van der Waals surface area contributed by atoms with Gasteiger partial charge in [-0.25, -0.2) is 9.86 Å². The Labute approximate surface area is 127 Å². The second-order valence-corrected chi connectivity index (χ2v) is 7.33. The third kappa shape index (κ3) is 4.88. The van der Waals surface area contributed by atoms with E-state index < -0.39 is 17.7 Å². The van der Waals surface area contributed by atoms with Gasteiger partial charge >= 0.3 is 6.09 Å². The fraction of sp³-hybridized carbons (Fsp3) is 0.867. The van der Waals surface area contributed by atoms with Crippen molar-refractivity contribution in [1.82, 2.24) is 9.96 Å². The molecule has 0 aromatic carbocycles. The summed E-state index contributed by atoms with van der Waals surface area (Å²) in [6.07, 6.45) is 0.992. The number of carbonyl (C=O) groups excluding carboxylic acids is 2. The van der Waals surface area contributed by atoms with Gasteiger partial charge in [-0.05, 0) is 39.0 Å². The molecule has 1 saturated heterocycles. The van der Waals surface area contributed by atoms with E-state index in [1.165, 1.54) is 17.1 Å². The lowest BCUT2D eigenvalue weighted by atomic mass is 9.78. The number of hydrogen-bond acceptors (Lipinski definition) is 4. The maximum absolute atomic E-state index is 12.4. The molecule has 1 atom stereocenters. The number of hydroxylamine groups is 2. The molecular formula is C15H28N2O4. The minimum absolute atomic E-state index is 0.00736. The van der Waals surface area contributed by atoms with E-state index in [0.717, 1.165) is 6.42 Å². The molecule has 6 heteroatoms. The molecule has 2 amide bonds. The normalized spacial score (nSPS) is 21.9. The SMILES string of the molecule is CON(C)C(=O)[C@H]1CC(C)(C)CCN1C(=O)OC(C)(C)C. The highest BCUT2D eigenvalue weighted by Crippen LogP contribution is 2.35. The molecule has 122 valence electrons. The Kier molecular flexibility index (Phi) is 5.25. The number of rotatable bonds is 2. The van der Waals surface area contributed by atoms with E-state index in [4.69, 9.17) is 9.57 Å². The first-order valence-electron chi connectivity index (χ1n) is 7.28. The lowest BCUT2D eigenvalue weighted by Gasteiger charge is -2.43. The topological polar surface area (TPSA) is 59.1 Å². The van der Waals surface area contributed by atoms with Gasteiger partial charge in [0.2, 0.25) is 0 Å². The molecule has 1 rings (SSSR count). The van der Waals surface area contributed by atoms with Gasteiger partial charge in [0.1, 0.15) is 11.6 Å². The summed E-state index contributed by atoms with van der Waals surface area (Å²) in [4.78, 5) is 31.3. The lowest BCUT2D eigenvalue weighted by molar-refractivity contribution is -0.177. The molecule has 6 nitrogen and oxygen atoms in total. The van der Waals surface area contributed by atoms with Crippen LogP contribution in [0.2, 0.25) is 0 Å². The average molecular weight is 300 g/mol. The van der Waals surface area contributed by atoms with Gasteiger partial charge < -0.3 is 4.74 Å². The molecule has 0 bridgehead atoms. The summed E-state index contributed by atoms with van der Waals surface area (Å²) in [5.74, 6) is -0.226. The van der Waals surface area contributed by atoms with Gasteiger partial charge in [-0.15, -0.1) is 0 Å². The number of amides is 2. The van der Waals surface area contributed by atoms with Gasteiger partial charge in [-0.3, -0.25) is 14.5 Å². The smallest absolute Gasteiger partial charge is 0.410 e. The molecule has 1 heterocycles. The summed E-state index contributed by atoms with van der Waals surface area (Å²) in [5, 5.41) is 1.17. The largest absolute Gasteiger partial charge is 0.444 e. The molecule has 0 aliphatic carbocycles. The van der Waals surface area contributed by atoms with Gasteiger partial charge in [-0.2, -0.15) is 0 Å². The molecule has 1 aliphatic heterocycles. The molecule has 1 fully saturated rings. The summed E-state index contributed by atoms with van der Waals surface area (Å²) in [7, 11) is 2.99. The molecule has 1 aliphatic rings. The minimum atomic E-state index is -0.579. The molecule has 0 spiro atoms. The first kappa shape index (κ1) is 17.8. The zero-order valence-electron chi connectivity index (χ0n) is 14.2. The summed E-state index contributed by atoms with van der Waals surface area (Å²) < 4.78 is 5.41. The van der Waals surface area contributed by atoms with E-state index >= 15 is 0 Å². The summed E-state index contributed by atoms with van der Waals surface area (Å²) in [5.41, 5.74) is -0.571. The maximum atomic E-state index is 12.4. The first-order chi connectivity index (χ1) is 9.47. The standard InChI is InChI=1S/C15H28N2O4/c1-14(2,3)21-13(19)17-9-8-15(4,5)10-11(17)12(18)16(6)20-7/h11H,8-10H2,1-7H3/t11-/m1/s1. The Hall–Kier alpha value is -1.30. The highest BCUT2D eigenvalue weighted by molar-refractivity contribution is 5.85. The minimum Gasteiger partial charge on any atom is -0.444 e. The number of carbonyl (C=O) groups is 2. The second kappa shape index (κ2) is 6.22. The Morgan fingerprint density at radius 1 is 1.29 bits per heavy atom. The molecule has 0 aromatic rings. The maximum Gasteiger partial charge on any atom is 0.410 e. The van der Waals surface area contributed by atoms with Crippen molar-refractivity contribution < 1.29 is 19.2 Å². The van der Waals surface area contributed by atoms with Crippen LogP contribution in [0.1, 0.15) is 47.5 Å². The quantitative estimate of drug-likeness (QED) is 0.735. The van der Waals surface area contributed by atoms with Crippen LogP contribution in [-0.2, 0) is 14.4 Å².